The van der Waals surface area contributed by atoms with Gasteiger partial charge in [0.1, 0.15) is 5.78 Å². The number of rotatable bonds is 1. The van der Waals surface area contributed by atoms with Gasteiger partial charge in [0, 0.05) is 17.6 Å². The molecule has 3 fully saturated rings. The Morgan fingerprint density at radius 3 is 2.45 bits per heavy atom. The average Bonchev–Trinajstić information content (AvgIpc) is 2.37. The van der Waals surface area contributed by atoms with E-state index in [1.807, 2.05) is 0 Å². The van der Waals surface area contributed by atoms with Gasteiger partial charge in [-0.25, -0.2) is 0 Å². The summed E-state index contributed by atoms with van der Waals surface area (Å²) >= 11 is 4.29. The molecule has 0 aromatic heterocycles. The fraction of sp³-hybridized carbons (Fsp3) is 0.889. The lowest BCUT2D eigenvalue weighted by Crippen LogP contribution is -2.51. The van der Waals surface area contributed by atoms with Crippen molar-refractivity contribution < 1.29 is 4.79 Å². The summed E-state index contributed by atoms with van der Waals surface area (Å²) < 4.78 is 0. The second-order valence-electron chi connectivity index (χ2n) is 4.49. The molecule has 3 aliphatic rings. The Hall–Kier alpha value is 0.0200. The van der Waals surface area contributed by atoms with Crippen LogP contribution in [-0.2, 0) is 4.79 Å². The van der Waals surface area contributed by atoms with Gasteiger partial charge >= 0.3 is 0 Å². The predicted octanol–water partition coefficient (Wildman–Crippen LogP) is 1.92. The van der Waals surface area contributed by atoms with E-state index in [4.69, 9.17) is 0 Å². The Morgan fingerprint density at radius 1 is 1.64 bits per heavy atom. The molecule has 3 aliphatic carbocycles. The highest BCUT2D eigenvalue weighted by Crippen LogP contribution is 2.68. The number of Topliss-reactive ketones (excluding diaryl/α,β-unsaturated/α-hetero) is 1. The molecule has 3 rings (SSSR count). The quantitative estimate of drug-likeness (QED) is 0.595. The van der Waals surface area contributed by atoms with Crippen molar-refractivity contribution in [2.45, 2.75) is 26.7 Å². The van der Waals surface area contributed by atoms with Gasteiger partial charge in [0.25, 0.3) is 0 Å². The molecule has 2 unspecified atom stereocenters. The maximum atomic E-state index is 11.5. The van der Waals surface area contributed by atoms with Gasteiger partial charge in [-0.1, -0.05) is 13.8 Å². The molecule has 0 aromatic carbocycles. The van der Waals surface area contributed by atoms with Crippen molar-refractivity contribution in [1.82, 2.24) is 0 Å². The first-order chi connectivity index (χ1) is 5.04. The van der Waals surface area contributed by atoms with E-state index < -0.39 is 0 Å². The van der Waals surface area contributed by atoms with Crippen LogP contribution in [0.1, 0.15) is 26.7 Å². The number of thiol groups is 1. The minimum Gasteiger partial charge on any atom is -0.299 e. The molecule has 62 valence electrons. The van der Waals surface area contributed by atoms with Crippen molar-refractivity contribution in [3.05, 3.63) is 0 Å². The van der Waals surface area contributed by atoms with Gasteiger partial charge in [-0.15, -0.1) is 0 Å². The zero-order valence-electron chi connectivity index (χ0n) is 7.05. The van der Waals surface area contributed by atoms with Gasteiger partial charge in [-0.2, -0.15) is 12.6 Å². The molecule has 0 N–H and O–H groups in total. The van der Waals surface area contributed by atoms with Crippen LogP contribution < -0.4 is 0 Å². The van der Waals surface area contributed by atoms with Crippen LogP contribution in [0.3, 0.4) is 0 Å². The smallest absolute Gasteiger partial charge is 0.140 e. The van der Waals surface area contributed by atoms with Crippen molar-refractivity contribution in [1.29, 1.82) is 0 Å². The monoisotopic (exact) mass is 170 g/mol. The SMILES string of the molecule is CC1(C)C2CC(=O)C1(CS)C2. The molecule has 2 heteroatoms. The summed E-state index contributed by atoms with van der Waals surface area (Å²) in [6, 6.07) is 0. The lowest BCUT2D eigenvalue weighted by Gasteiger charge is -2.52. The maximum Gasteiger partial charge on any atom is 0.140 e. The molecule has 0 amide bonds. The molecule has 1 nitrogen and oxygen atoms in total. The van der Waals surface area contributed by atoms with E-state index in [-0.39, 0.29) is 10.8 Å². The third kappa shape index (κ3) is 0.591. The number of carbonyl (C=O) groups is 1. The van der Waals surface area contributed by atoms with Gasteiger partial charge in [0.2, 0.25) is 0 Å². The lowest BCUT2D eigenvalue weighted by atomic mass is 9.51. The molecule has 0 spiro atoms. The Balaban J connectivity index is 2.39. The van der Waals surface area contributed by atoms with Crippen LogP contribution >= 0.6 is 12.6 Å². The summed E-state index contributed by atoms with van der Waals surface area (Å²) in [6.45, 7) is 4.42. The van der Waals surface area contributed by atoms with Gasteiger partial charge in [-0.05, 0) is 17.8 Å². The van der Waals surface area contributed by atoms with E-state index in [2.05, 4.69) is 26.5 Å². The van der Waals surface area contributed by atoms with Crippen molar-refractivity contribution in [2.75, 3.05) is 5.75 Å². The maximum absolute atomic E-state index is 11.5. The number of ketones is 1. The molecule has 0 heterocycles. The zero-order chi connectivity index (χ0) is 8.28. The third-order valence-electron chi connectivity index (χ3n) is 4.08. The Morgan fingerprint density at radius 2 is 2.27 bits per heavy atom. The second-order valence-corrected chi connectivity index (χ2v) is 4.81. The highest BCUT2D eigenvalue weighted by molar-refractivity contribution is 7.80. The summed E-state index contributed by atoms with van der Waals surface area (Å²) in [5, 5.41) is 0. The van der Waals surface area contributed by atoms with Crippen molar-refractivity contribution >= 4 is 18.4 Å². The van der Waals surface area contributed by atoms with E-state index in [1.165, 1.54) is 0 Å². The van der Waals surface area contributed by atoms with Crippen LogP contribution in [0.5, 0.6) is 0 Å². The van der Waals surface area contributed by atoms with Crippen LogP contribution in [0.25, 0.3) is 0 Å². The zero-order valence-corrected chi connectivity index (χ0v) is 7.95. The molecule has 2 atom stereocenters. The standard InChI is InChI=1S/C9H14OS/c1-8(2)6-3-7(10)9(8,4-6)5-11/h6,11H,3-5H2,1-2H3. The predicted molar refractivity (Wildman–Crippen MR) is 47.8 cm³/mol. The number of fused-ring (bicyclic) bond motifs is 1. The average molecular weight is 170 g/mol. The lowest BCUT2D eigenvalue weighted by molar-refractivity contribution is -0.133. The summed E-state index contributed by atoms with van der Waals surface area (Å²) in [6.07, 6.45) is 1.91. The van der Waals surface area contributed by atoms with Gasteiger partial charge in [0.15, 0.2) is 0 Å². The van der Waals surface area contributed by atoms with E-state index in [1.54, 1.807) is 0 Å². The highest BCUT2D eigenvalue weighted by Gasteiger charge is 2.68. The number of hydrogen-bond donors (Lipinski definition) is 1. The van der Waals surface area contributed by atoms with Gasteiger partial charge in [0.05, 0.1) is 0 Å². The Kier molecular flexibility index (Phi) is 1.28. The van der Waals surface area contributed by atoms with Crippen LogP contribution in [-0.4, -0.2) is 11.5 Å². The Bertz CT molecular complexity index is 222. The van der Waals surface area contributed by atoms with Crippen LogP contribution in [0.4, 0.5) is 0 Å². The fourth-order valence-corrected chi connectivity index (χ4v) is 3.49. The molecule has 11 heavy (non-hydrogen) atoms. The Labute approximate surface area is 73.0 Å². The normalized spacial score (nSPS) is 45.7. The number of hydrogen-bond acceptors (Lipinski definition) is 2. The molecule has 2 bridgehead atoms. The van der Waals surface area contributed by atoms with Gasteiger partial charge in [-0.3, -0.25) is 4.79 Å². The topological polar surface area (TPSA) is 17.1 Å². The molecule has 0 aliphatic heterocycles. The molecular formula is C9H14OS. The largest absolute Gasteiger partial charge is 0.299 e. The molecular weight excluding hydrogens is 156 g/mol. The van der Waals surface area contributed by atoms with Crippen molar-refractivity contribution in [3.8, 4) is 0 Å². The summed E-state index contributed by atoms with van der Waals surface area (Å²) in [7, 11) is 0. The molecule has 3 saturated carbocycles. The first kappa shape index (κ1) is 7.66. The van der Waals surface area contributed by atoms with Crippen LogP contribution in [0.15, 0.2) is 0 Å². The fourth-order valence-electron chi connectivity index (χ4n) is 2.77. The molecule has 0 aromatic rings. The van der Waals surface area contributed by atoms with Crippen LogP contribution in [0, 0.1) is 16.7 Å². The van der Waals surface area contributed by atoms with Crippen molar-refractivity contribution in [2.24, 2.45) is 16.7 Å². The minimum absolute atomic E-state index is 0.0409. The van der Waals surface area contributed by atoms with E-state index in [0.29, 0.717) is 11.7 Å². The summed E-state index contributed by atoms with van der Waals surface area (Å²) in [5.41, 5.74) is 0.201. The summed E-state index contributed by atoms with van der Waals surface area (Å²) in [4.78, 5) is 11.5. The van der Waals surface area contributed by atoms with Crippen molar-refractivity contribution in [3.63, 3.8) is 0 Å². The first-order valence-electron chi connectivity index (χ1n) is 4.19. The number of carbonyl (C=O) groups excluding carboxylic acids is 1. The second kappa shape index (κ2) is 1.85. The third-order valence-corrected chi connectivity index (χ3v) is 4.62. The molecule has 0 radical (unpaired) electrons. The minimum atomic E-state index is -0.0409. The first-order valence-corrected chi connectivity index (χ1v) is 4.82. The van der Waals surface area contributed by atoms with E-state index >= 15 is 0 Å². The van der Waals surface area contributed by atoms with Crippen LogP contribution in [0.2, 0.25) is 0 Å². The van der Waals surface area contributed by atoms with E-state index in [9.17, 15) is 4.79 Å². The molecule has 0 saturated heterocycles. The van der Waals surface area contributed by atoms with E-state index in [0.717, 1.165) is 18.6 Å². The highest BCUT2D eigenvalue weighted by atomic mass is 32.1. The van der Waals surface area contributed by atoms with Gasteiger partial charge < -0.3 is 0 Å². The summed E-state index contributed by atoms with van der Waals surface area (Å²) in [5.74, 6) is 1.86.